The van der Waals surface area contributed by atoms with Gasteiger partial charge in [-0.25, -0.2) is 0 Å². The number of carbonyl (C=O) groups is 1. The molecule has 0 spiro atoms. The summed E-state index contributed by atoms with van der Waals surface area (Å²) in [6.07, 6.45) is -4.76. The standard InChI is InChI=1S/C5H5F3O2.2CH3.Au/c1-3(9)2-4(10)5(6,7)8;;;/h2,9H,1H3;2*1H3;/q;2*-1;. The third-order valence-electron chi connectivity index (χ3n) is 0.619. The average Bonchev–Trinajstić information content (AvgIpc) is 1.60. The molecule has 0 heterocycles. The van der Waals surface area contributed by atoms with Gasteiger partial charge in [-0.15, -0.1) is 0 Å². The monoisotopic (exact) mass is 381 g/mol. The number of aliphatic hydroxyl groups excluding tert-OH is 1. The van der Waals surface area contributed by atoms with Crippen LogP contribution in [0.15, 0.2) is 11.8 Å². The Hall–Kier alpha value is -0.260. The fraction of sp³-hybridized carbons (Fsp3) is 0.286. The van der Waals surface area contributed by atoms with E-state index in [0.717, 1.165) is 6.92 Å². The normalized spacial score (nSPS) is 10.3. The molecule has 0 aliphatic rings. The molecule has 0 aromatic rings. The summed E-state index contributed by atoms with van der Waals surface area (Å²) in [5.74, 6) is -2.70. The third kappa shape index (κ3) is 11.7. The summed E-state index contributed by atoms with van der Waals surface area (Å²) in [6, 6.07) is 0. The van der Waals surface area contributed by atoms with Crippen LogP contribution in [0.4, 0.5) is 13.2 Å². The minimum absolute atomic E-state index is 0. The Balaban J connectivity index is -0.000000135. The predicted octanol–water partition coefficient (Wildman–Crippen LogP) is 2.48. The fourth-order valence-corrected chi connectivity index (χ4v) is 0.272. The molecule has 13 heavy (non-hydrogen) atoms. The smallest absolute Gasteiger partial charge is 0.454 e. The zero-order valence-electron chi connectivity index (χ0n) is 7.37. The quantitative estimate of drug-likeness (QED) is 0.328. The maximum atomic E-state index is 11.3. The number of alkyl halides is 3. The van der Waals surface area contributed by atoms with E-state index in [1.165, 1.54) is 0 Å². The van der Waals surface area contributed by atoms with Crippen LogP contribution in [0.1, 0.15) is 6.92 Å². The molecule has 0 saturated carbocycles. The fourth-order valence-electron chi connectivity index (χ4n) is 0.272. The van der Waals surface area contributed by atoms with Gasteiger partial charge in [0.2, 0.25) is 0 Å². The molecule has 0 atom stereocenters. The van der Waals surface area contributed by atoms with Crippen molar-refractivity contribution in [2.24, 2.45) is 0 Å². The Labute approximate surface area is 91.3 Å². The summed E-state index contributed by atoms with van der Waals surface area (Å²) in [5, 5.41) is 8.23. The van der Waals surface area contributed by atoms with Gasteiger partial charge in [-0.3, -0.25) is 4.79 Å². The Bertz CT molecular complexity index is 171. The molecule has 0 aliphatic heterocycles. The second-order valence-electron chi connectivity index (χ2n) is 1.65. The number of halogens is 3. The number of rotatable bonds is 1. The molecule has 0 aromatic heterocycles. The molecule has 1 N–H and O–H groups in total. The summed E-state index contributed by atoms with van der Waals surface area (Å²) in [7, 11) is 0. The number of hydrogen-bond acceptors (Lipinski definition) is 2. The van der Waals surface area contributed by atoms with Gasteiger partial charge in [0.15, 0.2) is 0 Å². The van der Waals surface area contributed by atoms with E-state index >= 15 is 0 Å². The van der Waals surface area contributed by atoms with Crippen LogP contribution in [0.25, 0.3) is 0 Å². The first-order chi connectivity index (χ1) is 4.34. The maximum Gasteiger partial charge on any atom is 0.454 e. The van der Waals surface area contributed by atoms with Crippen LogP contribution in [0, 0.1) is 14.9 Å². The molecule has 2 nitrogen and oxygen atoms in total. The van der Waals surface area contributed by atoms with Crippen LogP contribution in [-0.4, -0.2) is 17.1 Å². The zero-order valence-corrected chi connectivity index (χ0v) is 9.53. The molecule has 0 rings (SSSR count). The van der Waals surface area contributed by atoms with Crippen molar-refractivity contribution in [3.8, 4) is 0 Å². The Morgan fingerprint density at radius 1 is 1.31 bits per heavy atom. The van der Waals surface area contributed by atoms with Crippen molar-refractivity contribution in [1.82, 2.24) is 0 Å². The number of carbonyl (C=O) groups excluding carboxylic acids is 1. The molecule has 0 aromatic carbocycles. The van der Waals surface area contributed by atoms with Crippen molar-refractivity contribution >= 4 is 5.78 Å². The summed E-state index contributed by atoms with van der Waals surface area (Å²) >= 11 is 0. The Morgan fingerprint density at radius 2 is 1.62 bits per heavy atom. The minimum atomic E-state index is -4.88. The molecule has 1 radical (unpaired) electrons. The first-order valence-corrected chi connectivity index (χ1v) is 2.32. The van der Waals surface area contributed by atoms with E-state index in [1.54, 1.807) is 0 Å². The average molecular weight is 381 g/mol. The van der Waals surface area contributed by atoms with E-state index in [-0.39, 0.29) is 43.3 Å². The largest absolute Gasteiger partial charge is 0.512 e. The van der Waals surface area contributed by atoms with Gasteiger partial charge in [0.05, 0.1) is 5.76 Å². The van der Waals surface area contributed by atoms with E-state index in [9.17, 15) is 18.0 Å². The topological polar surface area (TPSA) is 37.3 Å². The van der Waals surface area contributed by atoms with Crippen molar-refractivity contribution in [2.75, 3.05) is 0 Å². The molecule has 0 saturated heterocycles. The molecule has 0 unspecified atom stereocenters. The van der Waals surface area contributed by atoms with Crippen LogP contribution in [0.3, 0.4) is 0 Å². The summed E-state index contributed by atoms with van der Waals surface area (Å²) in [4.78, 5) is 9.91. The van der Waals surface area contributed by atoms with Crippen molar-refractivity contribution in [3.05, 3.63) is 26.7 Å². The second kappa shape index (κ2) is 8.34. The summed E-state index contributed by atoms with van der Waals surface area (Å²) in [6.45, 7) is 0.990. The molecule has 0 fully saturated rings. The molecule has 85 valence electrons. The van der Waals surface area contributed by atoms with Gasteiger partial charge in [0.25, 0.3) is 5.78 Å². The van der Waals surface area contributed by atoms with Gasteiger partial charge >= 0.3 is 6.18 Å². The molecular formula is C7H11AuF3O2-2. The Morgan fingerprint density at radius 3 is 1.69 bits per heavy atom. The molecule has 6 heteroatoms. The van der Waals surface area contributed by atoms with E-state index in [0.29, 0.717) is 0 Å². The maximum absolute atomic E-state index is 11.3. The van der Waals surface area contributed by atoms with Crippen molar-refractivity contribution in [1.29, 1.82) is 0 Å². The minimum Gasteiger partial charge on any atom is -0.512 e. The zero-order chi connectivity index (χ0) is 8.36. The molecule has 0 amide bonds. The van der Waals surface area contributed by atoms with Crippen molar-refractivity contribution in [3.63, 3.8) is 0 Å². The van der Waals surface area contributed by atoms with Crippen molar-refractivity contribution in [2.45, 2.75) is 13.1 Å². The van der Waals surface area contributed by atoms with E-state index in [4.69, 9.17) is 5.11 Å². The van der Waals surface area contributed by atoms with E-state index in [2.05, 4.69) is 0 Å². The molecule has 0 aliphatic carbocycles. The van der Waals surface area contributed by atoms with Gasteiger partial charge in [-0.2, -0.15) is 13.2 Å². The first-order valence-electron chi connectivity index (χ1n) is 2.32. The molecule has 0 bridgehead atoms. The summed E-state index contributed by atoms with van der Waals surface area (Å²) in [5.41, 5.74) is 0. The third-order valence-corrected chi connectivity index (χ3v) is 0.619. The number of allylic oxidation sites excluding steroid dienone is 2. The van der Waals surface area contributed by atoms with Gasteiger partial charge in [-0.05, 0) is 6.92 Å². The van der Waals surface area contributed by atoms with Crippen LogP contribution in [-0.2, 0) is 27.2 Å². The van der Waals surface area contributed by atoms with E-state index in [1.807, 2.05) is 0 Å². The number of aliphatic hydroxyl groups is 1. The molecular weight excluding hydrogens is 370 g/mol. The summed E-state index contributed by atoms with van der Waals surface area (Å²) < 4.78 is 33.9. The van der Waals surface area contributed by atoms with Crippen LogP contribution >= 0.6 is 0 Å². The van der Waals surface area contributed by atoms with Crippen LogP contribution < -0.4 is 0 Å². The second-order valence-corrected chi connectivity index (χ2v) is 1.65. The Kier molecular flexibility index (Phi) is 14.8. The number of hydrogen-bond donors (Lipinski definition) is 1. The van der Waals surface area contributed by atoms with Gasteiger partial charge in [0.1, 0.15) is 0 Å². The number of ketones is 1. The van der Waals surface area contributed by atoms with Crippen molar-refractivity contribution < 1.29 is 45.5 Å². The van der Waals surface area contributed by atoms with Gasteiger partial charge < -0.3 is 20.0 Å². The first kappa shape index (κ1) is 23.0. The predicted molar refractivity (Wildman–Crippen MR) is 40.3 cm³/mol. The van der Waals surface area contributed by atoms with Crippen LogP contribution in [0.2, 0.25) is 0 Å². The van der Waals surface area contributed by atoms with Gasteiger partial charge in [-0.1, -0.05) is 0 Å². The van der Waals surface area contributed by atoms with Gasteiger partial charge in [0, 0.05) is 28.5 Å². The SMILES string of the molecule is CC(O)=CC(=O)C(F)(F)F.[Au].[CH3-].[CH3-]. The van der Waals surface area contributed by atoms with Crippen LogP contribution in [0.5, 0.6) is 0 Å². The van der Waals surface area contributed by atoms with E-state index < -0.39 is 17.7 Å².